The molecule has 1 amide bonds. The molecule has 0 aliphatic rings. The summed E-state index contributed by atoms with van der Waals surface area (Å²) < 4.78 is 6.05. The highest BCUT2D eigenvalue weighted by Gasteiger charge is 2.09. The number of ether oxygens (including phenoxy) is 1. The number of carbonyl (C=O) groups is 1. The summed E-state index contributed by atoms with van der Waals surface area (Å²) in [6.45, 7) is 1.98. The predicted molar refractivity (Wildman–Crippen MR) is 84.2 cm³/mol. The maximum absolute atomic E-state index is 12.2. The van der Waals surface area contributed by atoms with Crippen LogP contribution in [0.2, 0.25) is 0 Å². The Hall–Kier alpha value is -2.01. The SMILES string of the molecule is COc1cc(N)cc(C(=O)Nc2ccc(C)c(Br)c2)c1. The minimum absolute atomic E-state index is 0.230. The van der Waals surface area contributed by atoms with Crippen molar-refractivity contribution in [2.75, 3.05) is 18.2 Å². The minimum atomic E-state index is -0.230. The summed E-state index contributed by atoms with van der Waals surface area (Å²) in [6.07, 6.45) is 0. The second-order valence-electron chi connectivity index (χ2n) is 4.41. The number of amides is 1. The number of halogens is 1. The molecular weight excluding hydrogens is 320 g/mol. The number of methoxy groups -OCH3 is 1. The minimum Gasteiger partial charge on any atom is -0.497 e. The molecule has 20 heavy (non-hydrogen) atoms. The van der Waals surface area contributed by atoms with Crippen LogP contribution in [0.15, 0.2) is 40.9 Å². The fraction of sp³-hybridized carbons (Fsp3) is 0.133. The fourth-order valence-electron chi connectivity index (χ4n) is 1.74. The number of benzene rings is 2. The zero-order valence-electron chi connectivity index (χ0n) is 11.2. The number of hydrogen-bond donors (Lipinski definition) is 2. The van der Waals surface area contributed by atoms with Crippen LogP contribution < -0.4 is 15.8 Å². The van der Waals surface area contributed by atoms with Gasteiger partial charge in [-0.15, -0.1) is 0 Å². The smallest absolute Gasteiger partial charge is 0.255 e. The Kier molecular flexibility index (Phi) is 4.29. The van der Waals surface area contributed by atoms with Gasteiger partial charge < -0.3 is 15.8 Å². The predicted octanol–water partition coefficient (Wildman–Crippen LogP) is 3.60. The molecule has 2 aromatic rings. The number of hydrogen-bond acceptors (Lipinski definition) is 3. The quantitative estimate of drug-likeness (QED) is 0.843. The first-order valence-electron chi connectivity index (χ1n) is 6.01. The van der Waals surface area contributed by atoms with Gasteiger partial charge in [0, 0.05) is 27.5 Å². The van der Waals surface area contributed by atoms with Crippen molar-refractivity contribution in [1.82, 2.24) is 0 Å². The first kappa shape index (κ1) is 14.4. The van der Waals surface area contributed by atoms with Gasteiger partial charge in [0.25, 0.3) is 5.91 Å². The molecule has 0 aliphatic carbocycles. The van der Waals surface area contributed by atoms with Gasteiger partial charge in [0.15, 0.2) is 0 Å². The van der Waals surface area contributed by atoms with Crippen molar-refractivity contribution in [1.29, 1.82) is 0 Å². The molecule has 0 bridgehead atoms. The number of aryl methyl sites for hydroxylation is 1. The van der Waals surface area contributed by atoms with Crippen LogP contribution in [-0.2, 0) is 0 Å². The van der Waals surface area contributed by atoms with Crippen LogP contribution in [0, 0.1) is 6.92 Å². The molecule has 104 valence electrons. The molecule has 2 aromatic carbocycles. The molecule has 0 unspecified atom stereocenters. The number of carbonyl (C=O) groups excluding carboxylic acids is 1. The van der Waals surface area contributed by atoms with Gasteiger partial charge in [0.1, 0.15) is 5.75 Å². The zero-order valence-corrected chi connectivity index (χ0v) is 12.8. The van der Waals surface area contributed by atoms with Crippen LogP contribution in [0.5, 0.6) is 5.75 Å². The molecule has 0 fully saturated rings. The number of nitrogens with one attached hydrogen (secondary N) is 1. The monoisotopic (exact) mass is 334 g/mol. The molecule has 5 heteroatoms. The molecule has 0 saturated carbocycles. The van der Waals surface area contributed by atoms with E-state index in [4.69, 9.17) is 10.5 Å². The number of anilines is 2. The van der Waals surface area contributed by atoms with Crippen molar-refractivity contribution < 1.29 is 9.53 Å². The van der Waals surface area contributed by atoms with Gasteiger partial charge >= 0.3 is 0 Å². The fourth-order valence-corrected chi connectivity index (χ4v) is 2.12. The van der Waals surface area contributed by atoms with E-state index in [2.05, 4.69) is 21.2 Å². The van der Waals surface area contributed by atoms with Crippen molar-refractivity contribution in [3.05, 3.63) is 52.0 Å². The lowest BCUT2D eigenvalue weighted by atomic mass is 10.1. The lowest BCUT2D eigenvalue weighted by Gasteiger charge is -2.09. The molecule has 0 radical (unpaired) electrons. The summed E-state index contributed by atoms with van der Waals surface area (Å²) in [5.41, 5.74) is 8.51. The average molecular weight is 335 g/mol. The summed E-state index contributed by atoms with van der Waals surface area (Å²) in [5, 5.41) is 2.82. The van der Waals surface area contributed by atoms with Crippen molar-refractivity contribution in [2.24, 2.45) is 0 Å². The van der Waals surface area contributed by atoms with Gasteiger partial charge in [-0.2, -0.15) is 0 Å². The van der Waals surface area contributed by atoms with Crippen molar-refractivity contribution in [3.8, 4) is 5.75 Å². The third kappa shape index (κ3) is 3.30. The molecule has 0 atom stereocenters. The molecule has 0 heterocycles. The number of nitrogens with two attached hydrogens (primary N) is 1. The Morgan fingerprint density at radius 1 is 1.25 bits per heavy atom. The Morgan fingerprint density at radius 2 is 2.00 bits per heavy atom. The van der Waals surface area contributed by atoms with Crippen molar-refractivity contribution >= 4 is 33.2 Å². The third-order valence-electron chi connectivity index (χ3n) is 2.86. The summed E-state index contributed by atoms with van der Waals surface area (Å²) in [5.74, 6) is 0.326. The standard InChI is InChI=1S/C15H15BrN2O2/c1-9-3-4-12(8-14(9)16)18-15(19)10-5-11(17)7-13(6-10)20-2/h3-8H,17H2,1-2H3,(H,18,19). The van der Waals surface area contributed by atoms with Crippen LogP contribution in [-0.4, -0.2) is 13.0 Å². The Balaban J connectivity index is 2.23. The van der Waals surface area contributed by atoms with Gasteiger partial charge in [-0.25, -0.2) is 0 Å². The van der Waals surface area contributed by atoms with E-state index >= 15 is 0 Å². The first-order valence-corrected chi connectivity index (χ1v) is 6.81. The molecule has 0 aliphatic heterocycles. The normalized spacial score (nSPS) is 10.2. The molecule has 4 nitrogen and oxygen atoms in total. The highest BCUT2D eigenvalue weighted by atomic mass is 79.9. The third-order valence-corrected chi connectivity index (χ3v) is 3.71. The maximum Gasteiger partial charge on any atom is 0.255 e. The van der Waals surface area contributed by atoms with Gasteiger partial charge in [-0.05, 0) is 36.8 Å². The van der Waals surface area contributed by atoms with Gasteiger partial charge in [-0.3, -0.25) is 4.79 Å². The van der Waals surface area contributed by atoms with Crippen LogP contribution in [0.25, 0.3) is 0 Å². The number of nitrogen functional groups attached to an aromatic ring is 1. The first-order chi connectivity index (χ1) is 9.49. The molecule has 3 N–H and O–H groups in total. The topological polar surface area (TPSA) is 64.3 Å². The second kappa shape index (κ2) is 5.96. The van der Waals surface area contributed by atoms with Gasteiger partial charge in [0.05, 0.1) is 7.11 Å². The molecule has 0 spiro atoms. The highest BCUT2D eigenvalue weighted by Crippen LogP contribution is 2.23. The van der Waals surface area contributed by atoms with Gasteiger partial charge in [-0.1, -0.05) is 22.0 Å². The molecule has 0 saturated heterocycles. The van der Waals surface area contributed by atoms with Gasteiger partial charge in [0.2, 0.25) is 0 Å². The van der Waals surface area contributed by atoms with Crippen LogP contribution in [0.4, 0.5) is 11.4 Å². The van der Waals surface area contributed by atoms with E-state index in [1.165, 1.54) is 7.11 Å². The van der Waals surface area contributed by atoms with Crippen molar-refractivity contribution in [3.63, 3.8) is 0 Å². The zero-order chi connectivity index (χ0) is 14.7. The highest BCUT2D eigenvalue weighted by molar-refractivity contribution is 9.10. The van der Waals surface area contributed by atoms with Crippen LogP contribution in [0.3, 0.4) is 0 Å². The van der Waals surface area contributed by atoms with E-state index in [1.54, 1.807) is 18.2 Å². The summed E-state index contributed by atoms with van der Waals surface area (Å²) in [4.78, 5) is 12.2. The average Bonchev–Trinajstić information content (AvgIpc) is 2.42. The second-order valence-corrected chi connectivity index (χ2v) is 5.27. The Morgan fingerprint density at radius 3 is 2.65 bits per heavy atom. The van der Waals surface area contributed by atoms with E-state index in [0.717, 1.165) is 10.0 Å². The van der Waals surface area contributed by atoms with E-state index < -0.39 is 0 Å². The Bertz CT molecular complexity index is 656. The van der Waals surface area contributed by atoms with E-state index in [9.17, 15) is 4.79 Å². The maximum atomic E-state index is 12.2. The van der Waals surface area contributed by atoms with E-state index in [-0.39, 0.29) is 5.91 Å². The summed E-state index contributed by atoms with van der Waals surface area (Å²) in [6, 6.07) is 10.6. The number of rotatable bonds is 3. The lowest BCUT2D eigenvalue weighted by molar-refractivity contribution is 0.102. The largest absolute Gasteiger partial charge is 0.497 e. The molecule has 0 aromatic heterocycles. The van der Waals surface area contributed by atoms with E-state index in [1.807, 2.05) is 25.1 Å². The Labute approximate surface area is 126 Å². The lowest BCUT2D eigenvalue weighted by Crippen LogP contribution is -2.12. The van der Waals surface area contributed by atoms with Crippen LogP contribution in [0.1, 0.15) is 15.9 Å². The van der Waals surface area contributed by atoms with E-state index in [0.29, 0.717) is 22.7 Å². The van der Waals surface area contributed by atoms with Crippen molar-refractivity contribution in [2.45, 2.75) is 6.92 Å². The molecule has 2 rings (SSSR count). The van der Waals surface area contributed by atoms with Crippen LogP contribution >= 0.6 is 15.9 Å². The summed E-state index contributed by atoms with van der Waals surface area (Å²) >= 11 is 3.44. The molecular formula is C15H15BrN2O2. The summed E-state index contributed by atoms with van der Waals surface area (Å²) in [7, 11) is 1.54.